The average molecular weight is 542 g/mol. The summed E-state index contributed by atoms with van der Waals surface area (Å²) < 4.78 is 28.5. The summed E-state index contributed by atoms with van der Waals surface area (Å²) in [6, 6.07) is 20.9. The number of halogens is 1. The summed E-state index contributed by atoms with van der Waals surface area (Å²) in [5, 5.41) is 3.28. The van der Waals surface area contributed by atoms with Crippen LogP contribution in [-0.4, -0.2) is 43.8 Å². The molecule has 0 heterocycles. The van der Waals surface area contributed by atoms with Gasteiger partial charge in [-0.25, -0.2) is 8.42 Å². The van der Waals surface area contributed by atoms with E-state index in [1.54, 1.807) is 73.7 Å². The van der Waals surface area contributed by atoms with Gasteiger partial charge in [-0.15, -0.1) is 0 Å². The van der Waals surface area contributed by atoms with Crippen molar-refractivity contribution < 1.29 is 18.0 Å². The summed E-state index contributed by atoms with van der Waals surface area (Å²) in [6.45, 7) is 6.72. The van der Waals surface area contributed by atoms with Gasteiger partial charge in [0.15, 0.2) is 0 Å². The fourth-order valence-electron chi connectivity index (χ4n) is 3.76. The van der Waals surface area contributed by atoms with Crippen molar-refractivity contribution in [3.05, 3.63) is 95.0 Å². The van der Waals surface area contributed by atoms with Gasteiger partial charge in [-0.1, -0.05) is 65.7 Å². The maximum atomic E-state index is 13.8. The lowest BCUT2D eigenvalue weighted by Crippen LogP contribution is -2.52. The Kier molecular flexibility index (Phi) is 9.34. The van der Waals surface area contributed by atoms with Gasteiger partial charge >= 0.3 is 0 Å². The third-order valence-electron chi connectivity index (χ3n) is 5.83. The molecule has 3 aromatic carbocycles. The van der Waals surface area contributed by atoms with E-state index in [1.165, 1.54) is 17.0 Å². The zero-order valence-corrected chi connectivity index (χ0v) is 23.0. The minimum absolute atomic E-state index is 0.0400. The molecular formula is C28H32ClN3O4S. The van der Waals surface area contributed by atoms with E-state index >= 15 is 0 Å². The van der Waals surface area contributed by atoms with E-state index in [0.29, 0.717) is 16.3 Å². The van der Waals surface area contributed by atoms with Crippen LogP contribution >= 0.6 is 11.6 Å². The number of carbonyl (C=O) groups is 2. The van der Waals surface area contributed by atoms with Gasteiger partial charge < -0.3 is 10.2 Å². The van der Waals surface area contributed by atoms with Crippen LogP contribution in [0.25, 0.3) is 0 Å². The van der Waals surface area contributed by atoms with Gasteiger partial charge in [-0.2, -0.15) is 0 Å². The Hall–Kier alpha value is -3.36. The molecule has 0 aromatic heterocycles. The van der Waals surface area contributed by atoms with Gasteiger partial charge in [0, 0.05) is 17.6 Å². The summed E-state index contributed by atoms with van der Waals surface area (Å²) in [5.74, 6) is -0.880. The van der Waals surface area contributed by atoms with Crippen molar-refractivity contribution in [1.29, 1.82) is 0 Å². The van der Waals surface area contributed by atoms with Crippen LogP contribution in [0, 0.1) is 6.92 Å². The van der Waals surface area contributed by atoms with E-state index in [9.17, 15) is 18.0 Å². The maximum Gasteiger partial charge on any atom is 0.264 e. The number of rotatable bonds is 10. The smallest absolute Gasteiger partial charge is 0.264 e. The first-order valence-corrected chi connectivity index (χ1v) is 13.8. The van der Waals surface area contributed by atoms with Crippen molar-refractivity contribution >= 4 is 39.1 Å². The fraction of sp³-hybridized carbons (Fsp3) is 0.286. The number of benzene rings is 3. The molecular weight excluding hydrogens is 510 g/mol. The molecule has 196 valence electrons. The fourth-order valence-corrected chi connectivity index (χ4v) is 5.39. The molecule has 0 fully saturated rings. The van der Waals surface area contributed by atoms with Gasteiger partial charge in [0.1, 0.15) is 12.6 Å². The summed E-state index contributed by atoms with van der Waals surface area (Å²) in [7, 11) is -4.08. The minimum atomic E-state index is -4.08. The second kappa shape index (κ2) is 12.3. The SMILES string of the molecule is Cc1ccc(N(CC(=O)N(Cc2ccccc2Cl)[C@@H](C)C(=O)NC(C)C)S(=O)(=O)c2ccccc2)cc1. The first-order valence-electron chi connectivity index (χ1n) is 12.0. The Morgan fingerprint density at radius 3 is 2.08 bits per heavy atom. The number of nitrogens with zero attached hydrogens (tertiary/aromatic N) is 2. The van der Waals surface area contributed by atoms with Crippen molar-refractivity contribution in [2.75, 3.05) is 10.8 Å². The quantitative estimate of drug-likeness (QED) is 0.400. The first-order chi connectivity index (χ1) is 17.5. The molecule has 37 heavy (non-hydrogen) atoms. The average Bonchev–Trinajstić information content (AvgIpc) is 2.87. The van der Waals surface area contributed by atoms with E-state index in [-0.39, 0.29) is 23.4 Å². The van der Waals surface area contributed by atoms with E-state index < -0.39 is 28.5 Å². The van der Waals surface area contributed by atoms with Crippen LogP contribution < -0.4 is 9.62 Å². The zero-order chi connectivity index (χ0) is 27.2. The topological polar surface area (TPSA) is 86.8 Å². The van der Waals surface area contributed by atoms with Crippen LogP contribution in [0.1, 0.15) is 31.9 Å². The van der Waals surface area contributed by atoms with Crippen LogP contribution in [0.2, 0.25) is 5.02 Å². The molecule has 0 aliphatic carbocycles. The van der Waals surface area contributed by atoms with Crippen LogP contribution in [-0.2, 0) is 26.2 Å². The summed E-state index contributed by atoms with van der Waals surface area (Å²) in [6.07, 6.45) is 0. The molecule has 0 unspecified atom stereocenters. The minimum Gasteiger partial charge on any atom is -0.352 e. The van der Waals surface area contributed by atoms with Gasteiger partial charge in [0.25, 0.3) is 10.0 Å². The summed E-state index contributed by atoms with van der Waals surface area (Å²) in [5.41, 5.74) is 1.95. The Bertz CT molecular complexity index is 1330. The van der Waals surface area contributed by atoms with E-state index in [2.05, 4.69) is 5.32 Å². The van der Waals surface area contributed by atoms with Gasteiger partial charge in [-0.05, 0) is 63.6 Å². The molecule has 3 aromatic rings. The second-order valence-electron chi connectivity index (χ2n) is 9.11. The highest BCUT2D eigenvalue weighted by atomic mass is 35.5. The lowest BCUT2D eigenvalue weighted by Gasteiger charge is -2.32. The molecule has 0 saturated heterocycles. The lowest BCUT2D eigenvalue weighted by atomic mass is 10.1. The predicted molar refractivity (Wildman–Crippen MR) is 147 cm³/mol. The number of nitrogens with one attached hydrogen (secondary N) is 1. The number of anilines is 1. The highest BCUT2D eigenvalue weighted by Gasteiger charge is 2.32. The summed E-state index contributed by atoms with van der Waals surface area (Å²) in [4.78, 5) is 28.2. The van der Waals surface area contributed by atoms with Crippen LogP contribution in [0.5, 0.6) is 0 Å². The molecule has 2 amide bonds. The summed E-state index contributed by atoms with van der Waals surface area (Å²) >= 11 is 6.37. The molecule has 9 heteroatoms. The largest absolute Gasteiger partial charge is 0.352 e. The van der Waals surface area contributed by atoms with E-state index in [0.717, 1.165) is 9.87 Å². The van der Waals surface area contributed by atoms with Gasteiger partial charge in [-0.3, -0.25) is 13.9 Å². The van der Waals surface area contributed by atoms with Crippen LogP contribution in [0.15, 0.2) is 83.8 Å². The van der Waals surface area contributed by atoms with Crippen molar-refractivity contribution in [1.82, 2.24) is 10.2 Å². The van der Waals surface area contributed by atoms with Crippen molar-refractivity contribution in [3.63, 3.8) is 0 Å². The third kappa shape index (κ3) is 7.11. The van der Waals surface area contributed by atoms with Crippen molar-refractivity contribution in [2.45, 2.75) is 51.2 Å². The Morgan fingerprint density at radius 1 is 0.892 bits per heavy atom. The highest BCUT2D eigenvalue weighted by Crippen LogP contribution is 2.25. The Labute approximate surface area is 224 Å². The van der Waals surface area contributed by atoms with Crippen molar-refractivity contribution in [3.8, 4) is 0 Å². The monoisotopic (exact) mass is 541 g/mol. The van der Waals surface area contributed by atoms with Crippen molar-refractivity contribution in [2.24, 2.45) is 0 Å². The Balaban J connectivity index is 2.02. The predicted octanol–water partition coefficient (Wildman–Crippen LogP) is 4.79. The highest BCUT2D eigenvalue weighted by molar-refractivity contribution is 7.92. The molecule has 1 atom stereocenters. The molecule has 3 rings (SSSR count). The molecule has 0 saturated carbocycles. The molecule has 0 aliphatic heterocycles. The molecule has 1 N–H and O–H groups in total. The van der Waals surface area contributed by atoms with Gasteiger partial charge in [0.05, 0.1) is 10.6 Å². The normalized spacial score (nSPS) is 12.2. The zero-order valence-electron chi connectivity index (χ0n) is 21.4. The maximum absolute atomic E-state index is 13.8. The third-order valence-corrected chi connectivity index (χ3v) is 7.99. The molecule has 0 radical (unpaired) electrons. The van der Waals surface area contributed by atoms with E-state index in [4.69, 9.17) is 11.6 Å². The number of sulfonamides is 1. The number of aryl methyl sites for hydroxylation is 1. The number of hydrogen-bond acceptors (Lipinski definition) is 4. The first kappa shape index (κ1) is 28.2. The molecule has 0 bridgehead atoms. The van der Waals surface area contributed by atoms with Crippen LogP contribution in [0.4, 0.5) is 5.69 Å². The number of carbonyl (C=O) groups excluding carboxylic acids is 2. The second-order valence-corrected chi connectivity index (χ2v) is 11.4. The van der Waals surface area contributed by atoms with E-state index in [1.807, 2.05) is 20.8 Å². The Morgan fingerprint density at radius 2 is 1.49 bits per heavy atom. The molecule has 0 aliphatic rings. The molecule has 7 nitrogen and oxygen atoms in total. The number of amides is 2. The van der Waals surface area contributed by atoms with Gasteiger partial charge in [0.2, 0.25) is 11.8 Å². The standard InChI is InChI=1S/C28H32ClN3O4S/c1-20(2)30-28(34)22(4)31(18-23-10-8-9-13-26(23)29)27(33)19-32(24-16-14-21(3)15-17-24)37(35,36)25-11-6-5-7-12-25/h5-17,20,22H,18-19H2,1-4H3,(H,30,34)/t22-/m0/s1. The van der Waals surface area contributed by atoms with Crippen LogP contribution in [0.3, 0.4) is 0 Å². The molecule has 0 spiro atoms. The lowest BCUT2D eigenvalue weighted by molar-refractivity contribution is -0.139. The number of hydrogen-bond donors (Lipinski definition) is 1.